The molecule has 5 heteroatoms. The van der Waals surface area contributed by atoms with Gasteiger partial charge in [0.25, 0.3) is 0 Å². The van der Waals surface area contributed by atoms with Gasteiger partial charge in [0.1, 0.15) is 5.82 Å². The summed E-state index contributed by atoms with van der Waals surface area (Å²) < 4.78 is 0. The topological polar surface area (TPSA) is 65.4 Å². The largest absolute Gasteiger partial charge is 0.262 e. The van der Waals surface area contributed by atoms with Crippen LogP contribution in [0.1, 0.15) is 35.7 Å². The molecule has 1 N–H and O–H groups in total. The number of hydrogen-bond acceptors (Lipinski definition) is 4. The highest BCUT2D eigenvalue weighted by Crippen LogP contribution is 2.38. The highest BCUT2D eigenvalue weighted by molar-refractivity contribution is 7.98. The fraction of sp³-hybridized carbons (Fsp3) is 0.211. The molecular weight excluding hydrogens is 316 g/mol. The molecule has 0 radical (unpaired) electrons. The molecule has 1 aliphatic carbocycles. The summed E-state index contributed by atoms with van der Waals surface area (Å²) in [7, 11) is 0. The second-order valence-corrected chi connectivity index (χ2v) is 6.86. The molecule has 3 aromatic rings. The van der Waals surface area contributed by atoms with Gasteiger partial charge in [-0.15, -0.1) is 5.10 Å². The van der Waals surface area contributed by atoms with Crippen molar-refractivity contribution in [1.29, 1.82) is 5.26 Å². The first kappa shape index (κ1) is 15.0. The minimum absolute atomic E-state index is 0.603. The quantitative estimate of drug-likeness (QED) is 0.698. The van der Waals surface area contributed by atoms with E-state index in [-0.39, 0.29) is 0 Å². The second kappa shape index (κ2) is 6.50. The lowest BCUT2D eigenvalue weighted by atomic mass is 10.00. The SMILES string of the molecule is N#Cc1ccccc1-c1ccc(CSc2n[nH]c(C3CC3)n2)cc1. The van der Waals surface area contributed by atoms with Gasteiger partial charge in [0, 0.05) is 11.7 Å². The molecule has 0 bridgehead atoms. The van der Waals surface area contributed by atoms with Crippen LogP contribution >= 0.6 is 11.8 Å². The molecule has 0 saturated heterocycles. The molecule has 118 valence electrons. The zero-order chi connectivity index (χ0) is 16.4. The Kier molecular flexibility index (Phi) is 4.06. The average molecular weight is 332 g/mol. The summed E-state index contributed by atoms with van der Waals surface area (Å²) in [4.78, 5) is 4.54. The summed E-state index contributed by atoms with van der Waals surface area (Å²) in [6.07, 6.45) is 2.45. The summed E-state index contributed by atoms with van der Waals surface area (Å²) >= 11 is 1.64. The number of aromatic amines is 1. The van der Waals surface area contributed by atoms with Crippen LogP contribution in [-0.2, 0) is 5.75 Å². The fourth-order valence-electron chi connectivity index (χ4n) is 2.62. The molecule has 1 heterocycles. The van der Waals surface area contributed by atoms with Crippen molar-refractivity contribution in [3.05, 3.63) is 65.5 Å². The third-order valence-electron chi connectivity index (χ3n) is 4.13. The van der Waals surface area contributed by atoms with Gasteiger partial charge in [-0.1, -0.05) is 54.2 Å². The molecule has 0 unspecified atom stereocenters. The zero-order valence-electron chi connectivity index (χ0n) is 13.1. The number of hydrogen-bond donors (Lipinski definition) is 1. The zero-order valence-corrected chi connectivity index (χ0v) is 13.9. The Morgan fingerprint density at radius 3 is 2.67 bits per heavy atom. The van der Waals surface area contributed by atoms with Crippen LogP contribution < -0.4 is 0 Å². The van der Waals surface area contributed by atoms with Crippen molar-refractivity contribution in [2.24, 2.45) is 0 Å². The molecule has 1 fully saturated rings. The van der Waals surface area contributed by atoms with Gasteiger partial charge in [-0.25, -0.2) is 4.98 Å². The van der Waals surface area contributed by atoms with Gasteiger partial charge in [0.05, 0.1) is 11.6 Å². The number of nitrogens with one attached hydrogen (secondary N) is 1. The van der Waals surface area contributed by atoms with E-state index in [4.69, 9.17) is 0 Å². The van der Waals surface area contributed by atoms with E-state index in [9.17, 15) is 5.26 Å². The van der Waals surface area contributed by atoms with Crippen molar-refractivity contribution in [3.8, 4) is 17.2 Å². The van der Waals surface area contributed by atoms with Gasteiger partial charge in [-0.2, -0.15) is 5.26 Å². The first-order valence-corrected chi connectivity index (χ1v) is 8.95. The van der Waals surface area contributed by atoms with E-state index in [0.717, 1.165) is 27.9 Å². The Labute approximate surface area is 144 Å². The standard InChI is InChI=1S/C19H16N4S/c20-11-16-3-1-2-4-17(16)14-7-5-13(6-8-14)12-24-19-21-18(22-23-19)15-9-10-15/h1-8,15H,9-10,12H2,(H,21,22,23). The molecule has 0 amide bonds. The molecule has 1 aliphatic rings. The monoisotopic (exact) mass is 332 g/mol. The van der Waals surface area contributed by atoms with Crippen molar-refractivity contribution in [2.75, 3.05) is 0 Å². The van der Waals surface area contributed by atoms with Crippen molar-refractivity contribution in [2.45, 2.75) is 29.7 Å². The minimum Gasteiger partial charge on any atom is -0.262 e. The maximum Gasteiger partial charge on any atom is 0.208 e. The molecule has 0 aliphatic heterocycles. The lowest BCUT2D eigenvalue weighted by Crippen LogP contribution is -1.86. The molecule has 0 spiro atoms. The number of nitrogens with zero attached hydrogens (tertiary/aromatic N) is 3. The van der Waals surface area contributed by atoms with Gasteiger partial charge in [0.2, 0.25) is 5.16 Å². The highest BCUT2D eigenvalue weighted by Gasteiger charge is 2.27. The van der Waals surface area contributed by atoms with Crippen LogP contribution in [0.25, 0.3) is 11.1 Å². The fourth-order valence-corrected chi connectivity index (χ4v) is 3.38. The van der Waals surface area contributed by atoms with Crippen molar-refractivity contribution in [3.63, 3.8) is 0 Å². The number of thioether (sulfide) groups is 1. The summed E-state index contributed by atoms with van der Waals surface area (Å²) in [5.74, 6) is 2.47. The molecule has 0 atom stereocenters. The first-order chi connectivity index (χ1) is 11.8. The van der Waals surface area contributed by atoms with E-state index in [0.29, 0.717) is 11.5 Å². The van der Waals surface area contributed by atoms with Gasteiger partial charge in [-0.05, 0) is 35.6 Å². The highest BCUT2D eigenvalue weighted by atomic mass is 32.2. The van der Waals surface area contributed by atoms with Crippen LogP contribution in [0.3, 0.4) is 0 Å². The maximum atomic E-state index is 9.22. The van der Waals surface area contributed by atoms with E-state index in [1.54, 1.807) is 11.8 Å². The summed E-state index contributed by atoms with van der Waals surface area (Å²) in [6, 6.07) is 18.3. The van der Waals surface area contributed by atoms with Crippen molar-refractivity contribution < 1.29 is 0 Å². The second-order valence-electron chi connectivity index (χ2n) is 5.92. The molecule has 2 aromatic carbocycles. The van der Waals surface area contributed by atoms with E-state index >= 15 is 0 Å². The van der Waals surface area contributed by atoms with Crippen molar-refractivity contribution >= 4 is 11.8 Å². The lowest BCUT2D eigenvalue weighted by Gasteiger charge is -2.05. The lowest BCUT2D eigenvalue weighted by molar-refractivity contribution is 0.932. The third-order valence-corrected chi connectivity index (χ3v) is 5.05. The summed E-state index contributed by atoms with van der Waals surface area (Å²) in [6.45, 7) is 0. The maximum absolute atomic E-state index is 9.22. The van der Waals surface area contributed by atoms with Crippen molar-refractivity contribution in [1.82, 2.24) is 15.2 Å². The first-order valence-electron chi connectivity index (χ1n) is 7.97. The van der Waals surface area contributed by atoms with Crippen LogP contribution in [-0.4, -0.2) is 15.2 Å². The van der Waals surface area contributed by atoms with E-state index in [1.807, 2.05) is 24.3 Å². The summed E-state index contributed by atoms with van der Waals surface area (Å²) in [5, 5.41) is 17.3. The van der Waals surface area contributed by atoms with Crippen LogP contribution in [0.4, 0.5) is 0 Å². The number of aromatic nitrogens is 3. The smallest absolute Gasteiger partial charge is 0.208 e. The third kappa shape index (κ3) is 3.19. The Balaban J connectivity index is 1.44. The van der Waals surface area contributed by atoms with Gasteiger partial charge in [0.15, 0.2) is 0 Å². The molecule has 1 saturated carbocycles. The predicted octanol–water partition coefficient (Wildman–Crippen LogP) is 4.51. The van der Waals surface area contributed by atoms with Gasteiger partial charge < -0.3 is 0 Å². The Morgan fingerprint density at radius 2 is 1.92 bits per heavy atom. The molecule has 24 heavy (non-hydrogen) atoms. The van der Waals surface area contributed by atoms with Gasteiger partial charge in [-0.3, -0.25) is 5.10 Å². The van der Waals surface area contributed by atoms with Crippen LogP contribution in [0, 0.1) is 11.3 Å². The van der Waals surface area contributed by atoms with E-state index in [1.165, 1.54) is 18.4 Å². The predicted molar refractivity (Wildman–Crippen MR) is 94.5 cm³/mol. The van der Waals surface area contributed by atoms with Gasteiger partial charge >= 0.3 is 0 Å². The van der Waals surface area contributed by atoms with Crippen LogP contribution in [0.15, 0.2) is 53.7 Å². The number of nitriles is 1. The van der Waals surface area contributed by atoms with Crippen LogP contribution in [0.2, 0.25) is 0 Å². The molecule has 1 aromatic heterocycles. The molecule has 4 nitrogen and oxygen atoms in total. The van der Waals surface area contributed by atoms with E-state index < -0.39 is 0 Å². The number of benzene rings is 2. The van der Waals surface area contributed by atoms with Crippen LogP contribution in [0.5, 0.6) is 0 Å². The van der Waals surface area contributed by atoms with E-state index in [2.05, 4.69) is 45.5 Å². The average Bonchev–Trinajstić information content (AvgIpc) is 3.39. The summed E-state index contributed by atoms with van der Waals surface area (Å²) in [5.41, 5.74) is 3.96. The minimum atomic E-state index is 0.603. The Morgan fingerprint density at radius 1 is 1.12 bits per heavy atom. The molecule has 4 rings (SSSR count). The number of H-pyrrole nitrogens is 1. The number of rotatable bonds is 5. The molecular formula is C19H16N4S. The normalized spacial score (nSPS) is 13.6. The Bertz CT molecular complexity index is 888. The Hall–Kier alpha value is -2.58.